The number of methoxy groups -OCH3 is 1. The summed E-state index contributed by atoms with van der Waals surface area (Å²) < 4.78 is 13.0. The summed E-state index contributed by atoms with van der Waals surface area (Å²) in [6, 6.07) is 19.8. The van der Waals surface area contributed by atoms with Crippen molar-refractivity contribution in [1.82, 2.24) is 4.57 Å². The van der Waals surface area contributed by atoms with Crippen LogP contribution in [0.2, 0.25) is 15.1 Å². The van der Waals surface area contributed by atoms with Crippen LogP contribution in [0.4, 0.5) is 0 Å². The number of rotatable bonds is 5. The Morgan fingerprint density at radius 2 is 1.63 bits per heavy atom. The maximum atomic E-state index is 12.8. The first-order chi connectivity index (χ1) is 14.5. The van der Waals surface area contributed by atoms with E-state index in [2.05, 4.69) is 0 Å². The lowest BCUT2D eigenvalue weighted by molar-refractivity contribution is 0.0586. The van der Waals surface area contributed by atoms with E-state index in [1.54, 1.807) is 24.3 Å². The third-order valence-corrected chi connectivity index (χ3v) is 5.49. The monoisotopic (exact) mass is 459 g/mol. The van der Waals surface area contributed by atoms with Crippen molar-refractivity contribution in [3.05, 3.63) is 93.1 Å². The number of benzene rings is 3. The number of para-hydroxylation sites is 1. The van der Waals surface area contributed by atoms with Crippen molar-refractivity contribution in [3.63, 3.8) is 0 Å². The molecule has 0 aliphatic rings. The summed E-state index contributed by atoms with van der Waals surface area (Å²) in [6.45, 7) is 0.316. The number of carbonyl (C=O) groups is 1. The SMILES string of the molecule is COC(=O)c1c(Oc2ccccc2)c2cc(Cl)ccc2n1Cc1ccc(Cl)cc1Cl. The van der Waals surface area contributed by atoms with Crippen LogP contribution in [0.5, 0.6) is 11.5 Å². The Morgan fingerprint density at radius 3 is 2.33 bits per heavy atom. The second-order valence-electron chi connectivity index (χ2n) is 6.57. The van der Waals surface area contributed by atoms with Crippen LogP contribution >= 0.6 is 34.8 Å². The Bertz CT molecular complexity index is 1240. The minimum Gasteiger partial charge on any atom is -0.464 e. The third kappa shape index (κ3) is 3.99. The molecule has 4 nitrogen and oxygen atoms in total. The number of halogens is 3. The van der Waals surface area contributed by atoms with E-state index in [0.717, 1.165) is 11.1 Å². The van der Waals surface area contributed by atoms with Crippen LogP contribution in [0.25, 0.3) is 10.9 Å². The number of nitrogens with zero attached hydrogens (tertiary/aromatic N) is 1. The number of hydrogen-bond donors (Lipinski definition) is 0. The summed E-state index contributed by atoms with van der Waals surface area (Å²) in [4.78, 5) is 12.8. The lowest BCUT2D eigenvalue weighted by Gasteiger charge is -2.12. The molecule has 0 atom stereocenters. The van der Waals surface area contributed by atoms with Crippen LogP contribution in [0.1, 0.15) is 16.1 Å². The molecule has 0 aliphatic heterocycles. The van der Waals surface area contributed by atoms with Gasteiger partial charge in [0.05, 0.1) is 19.2 Å². The largest absolute Gasteiger partial charge is 0.464 e. The Balaban J connectivity index is 1.95. The average molecular weight is 461 g/mol. The molecule has 0 amide bonds. The van der Waals surface area contributed by atoms with Crippen molar-refractivity contribution in [3.8, 4) is 11.5 Å². The predicted octanol–water partition coefficient (Wildman–Crippen LogP) is 7.23. The summed E-state index contributed by atoms with van der Waals surface area (Å²) in [5.74, 6) is 0.431. The van der Waals surface area contributed by atoms with Crippen LogP contribution in [0.15, 0.2) is 66.7 Å². The van der Waals surface area contributed by atoms with E-state index in [4.69, 9.17) is 44.3 Å². The highest BCUT2D eigenvalue weighted by atomic mass is 35.5. The predicted molar refractivity (Wildman–Crippen MR) is 120 cm³/mol. The molecule has 0 fully saturated rings. The maximum absolute atomic E-state index is 12.8. The number of hydrogen-bond acceptors (Lipinski definition) is 3. The fourth-order valence-corrected chi connectivity index (χ4v) is 3.93. The first-order valence-corrected chi connectivity index (χ1v) is 10.2. The number of esters is 1. The number of aromatic nitrogens is 1. The Labute approximate surface area is 188 Å². The zero-order chi connectivity index (χ0) is 21.3. The molecule has 0 saturated carbocycles. The highest BCUT2D eigenvalue weighted by molar-refractivity contribution is 6.35. The maximum Gasteiger partial charge on any atom is 0.358 e. The van der Waals surface area contributed by atoms with E-state index < -0.39 is 5.97 Å². The van der Waals surface area contributed by atoms with Crippen molar-refractivity contribution >= 4 is 51.7 Å². The van der Waals surface area contributed by atoms with Crippen molar-refractivity contribution in [2.24, 2.45) is 0 Å². The topological polar surface area (TPSA) is 40.5 Å². The van der Waals surface area contributed by atoms with Gasteiger partial charge in [0.2, 0.25) is 0 Å². The molecular formula is C23H16Cl3NO3. The quantitative estimate of drug-likeness (QED) is 0.295. The van der Waals surface area contributed by atoms with Gasteiger partial charge in [-0.3, -0.25) is 0 Å². The van der Waals surface area contributed by atoms with E-state index >= 15 is 0 Å². The second kappa shape index (κ2) is 8.60. The molecule has 0 radical (unpaired) electrons. The molecule has 30 heavy (non-hydrogen) atoms. The summed E-state index contributed by atoms with van der Waals surface area (Å²) in [5.41, 5.74) is 1.82. The molecule has 1 heterocycles. The van der Waals surface area contributed by atoms with Crippen LogP contribution < -0.4 is 4.74 Å². The van der Waals surface area contributed by atoms with Gasteiger partial charge < -0.3 is 14.0 Å². The normalized spacial score (nSPS) is 10.9. The highest BCUT2D eigenvalue weighted by Gasteiger charge is 2.26. The smallest absolute Gasteiger partial charge is 0.358 e. The molecule has 0 bridgehead atoms. The Kier molecular flexibility index (Phi) is 5.91. The summed E-state index contributed by atoms with van der Waals surface area (Å²) in [6.07, 6.45) is 0. The molecule has 0 saturated heterocycles. The Hall–Kier alpha value is -2.66. The molecule has 152 valence electrons. The van der Waals surface area contributed by atoms with Crippen molar-refractivity contribution in [2.75, 3.05) is 7.11 Å². The van der Waals surface area contributed by atoms with Gasteiger partial charge in [0, 0.05) is 20.5 Å². The fraction of sp³-hybridized carbons (Fsp3) is 0.0870. The summed E-state index contributed by atoms with van der Waals surface area (Å²) in [5, 5.41) is 2.25. The summed E-state index contributed by atoms with van der Waals surface area (Å²) >= 11 is 18.7. The molecule has 1 aromatic heterocycles. The molecule has 7 heteroatoms. The molecule has 3 aromatic carbocycles. The second-order valence-corrected chi connectivity index (χ2v) is 7.85. The Morgan fingerprint density at radius 1 is 0.933 bits per heavy atom. The summed E-state index contributed by atoms with van der Waals surface area (Å²) in [7, 11) is 1.33. The van der Waals surface area contributed by atoms with Crippen LogP contribution in [-0.2, 0) is 11.3 Å². The number of carbonyl (C=O) groups excluding carboxylic acids is 1. The first-order valence-electron chi connectivity index (χ1n) is 9.05. The van der Waals surface area contributed by atoms with Gasteiger partial charge >= 0.3 is 5.97 Å². The lowest BCUT2D eigenvalue weighted by atomic mass is 10.2. The number of ether oxygens (including phenoxy) is 2. The van der Waals surface area contributed by atoms with Crippen molar-refractivity contribution in [2.45, 2.75) is 6.54 Å². The first kappa shape index (κ1) is 20.6. The highest BCUT2D eigenvalue weighted by Crippen LogP contribution is 2.39. The van der Waals surface area contributed by atoms with Crippen molar-refractivity contribution in [1.29, 1.82) is 0 Å². The molecule has 0 aliphatic carbocycles. The van der Waals surface area contributed by atoms with E-state index in [-0.39, 0.29) is 5.69 Å². The van der Waals surface area contributed by atoms with Crippen molar-refractivity contribution < 1.29 is 14.3 Å². The average Bonchev–Trinajstić information content (AvgIpc) is 3.02. The molecule has 4 aromatic rings. The minimum absolute atomic E-state index is 0.268. The van der Waals surface area contributed by atoms with Crippen LogP contribution in [0, 0.1) is 0 Å². The zero-order valence-corrected chi connectivity index (χ0v) is 18.1. The van der Waals surface area contributed by atoms with Gasteiger partial charge in [-0.2, -0.15) is 0 Å². The van der Waals surface area contributed by atoms with Crippen LogP contribution in [-0.4, -0.2) is 17.6 Å². The van der Waals surface area contributed by atoms with Gasteiger partial charge in [-0.25, -0.2) is 4.79 Å². The standard InChI is InChI=1S/C23H16Cl3NO3/c1-29-23(28)21-22(30-17-5-3-2-4-6-17)18-11-15(24)9-10-20(18)27(21)13-14-7-8-16(25)12-19(14)26/h2-12H,13H2,1H3. The van der Waals surface area contributed by atoms with Gasteiger partial charge in [-0.1, -0.05) is 59.1 Å². The lowest BCUT2D eigenvalue weighted by Crippen LogP contribution is -2.12. The van der Waals surface area contributed by atoms with Gasteiger partial charge in [0.25, 0.3) is 0 Å². The van der Waals surface area contributed by atoms with E-state index in [0.29, 0.717) is 38.5 Å². The molecular weight excluding hydrogens is 445 g/mol. The van der Waals surface area contributed by atoms with Crippen LogP contribution in [0.3, 0.4) is 0 Å². The van der Waals surface area contributed by atoms with E-state index in [1.807, 2.05) is 47.0 Å². The van der Waals surface area contributed by atoms with Gasteiger partial charge in [-0.15, -0.1) is 0 Å². The van der Waals surface area contributed by atoms with E-state index in [9.17, 15) is 4.79 Å². The van der Waals surface area contributed by atoms with Gasteiger partial charge in [-0.05, 0) is 48.0 Å². The molecule has 4 rings (SSSR count). The fourth-order valence-electron chi connectivity index (χ4n) is 3.29. The van der Waals surface area contributed by atoms with E-state index in [1.165, 1.54) is 7.11 Å². The molecule has 0 N–H and O–H groups in total. The van der Waals surface area contributed by atoms with Gasteiger partial charge in [0.1, 0.15) is 5.75 Å². The third-order valence-electron chi connectivity index (χ3n) is 4.66. The number of fused-ring (bicyclic) bond motifs is 1. The molecule has 0 spiro atoms. The van der Waals surface area contributed by atoms with Gasteiger partial charge in [0.15, 0.2) is 11.4 Å². The molecule has 0 unspecified atom stereocenters. The minimum atomic E-state index is -0.529. The zero-order valence-electron chi connectivity index (χ0n) is 15.9.